The Labute approximate surface area is 121 Å². The molecule has 1 amide bonds. The molecule has 6 heteroatoms. The van der Waals surface area contributed by atoms with Crippen LogP contribution in [0.2, 0.25) is 0 Å². The molecule has 0 aliphatic carbocycles. The number of hydrogen-bond donors (Lipinski definition) is 2. The van der Waals surface area contributed by atoms with E-state index in [1.54, 1.807) is 0 Å². The smallest absolute Gasteiger partial charge is 0.407 e. The molecule has 0 spiro atoms. The van der Waals surface area contributed by atoms with Crippen LogP contribution in [-0.4, -0.2) is 43.9 Å². The van der Waals surface area contributed by atoms with Crippen LogP contribution in [0.15, 0.2) is 0 Å². The minimum absolute atomic E-state index is 0.0977. The van der Waals surface area contributed by atoms with Crippen molar-refractivity contribution in [3.05, 3.63) is 0 Å². The molecule has 0 aliphatic heterocycles. The van der Waals surface area contributed by atoms with Gasteiger partial charge in [0.1, 0.15) is 5.60 Å². The number of hydrogen-bond acceptors (Lipinski definition) is 5. The van der Waals surface area contributed by atoms with Crippen molar-refractivity contribution in [2.45, 2.75) is 52.7 Å². The summed E-state index contributed by atoms with van der Waals surface area (Å²) in [6, 6.07) is -0.0977. The quantitative estimate of drug-likeness (QED) is 0.697. The highest BCUT2D eigenvalue weighted by atomic mass is 16.6. The van der Waals surface area contributed by atoms with E-state index in [-0.39, 0.29) is 24.5 Å². The van der Waals surface area contributed by atoms with E-state index in [9.17, 15) is 9.59 Å². The van der Waals surface area contributed by atoms with Gasteiger partial charge >= 0.3 is 12.1 Å². The van der Waals surface area contributed by atoms with Gasteiger partial charge in [-0.3, -0.25) is 4.79 Å². The molecular formula is C14H28N2O4. The van der Waals surface area contributed by atoms with Gasteiger partial charge in [-0.15, -0.1) is 0 Å². The van der Waals surface area contributed by atoms with E-state index < -0.39 is 11.7 Å². The highest BCUT2D eigenvalue weighted by molar-refractivity contribution is 5.71. The molecule has 0 saturated heterocycles. The Kier molecular flexibility index (Phi) is 8.22. The third kappa shape index (κ3) is 8.74. The first-order valence-corrected chi connectivity index (χ1v) is 6.96. The molecule has 0 heterocycles. The third-order valence-electron chi connectivity index (χ3n) is 2.89. The van der Waals surface area contributed by atoms with E-state index in [0.29, 0.717) is 6.54 Å². The fourth-order valence-corrected chi connectivity index (χ4v) is 1.54. The van der Waals surface area contributed by atoms with Gasteiger partial charge in [0.2, 0.25) is 0 Å². The van der Waals surface area contributed by atoms with Gasteiger partial charge in [0.25, 0.3) is 0 Å². The Hall–Kier alpha value is -1.30. The van der Waals surface area contributed by atoms with E-state index in [0.717, 1.165) is 6.42 Å². The molecule has 0 aromatic heterocycles. The van der Waals surface area contributed by atoms with Crippen molar-refractivity contribution in [1.82, 2.24) is 10.6 Å². The van der Waals surface area contributed by atoms with Crippen molar-refractivity contribution in [2.75, 3.05) is 20.2 Å². The topological polar surface area (TPSA) is 76.7 Å². The maximum absolute atomic E-state index is 11.8. The molecule has 0 unspecified atom stereocenters. The molecular weight excluding hydrogens is 260 g/mol. The summed E-state index contributed by atoms with van der Waals surface area (Å²) in [5.74, 6) is -0.0576. The minimum atomic E-state index is -0.524. The lowest BCUT2D eigenvalue weighted by molar-refractivity contribution is -0.139. The first-order valence-electron chi connectivity index (χ1n) is 6.96. The summed E-state index contributed by atoms with van der Waals surface area (Å²) in [5, 5.41) is 5.82. The normalized spacial score (nSPS) is 14.3. The van der Waals surface area contributed by atoms with Gasteiger partial charge in [-0.25, -0.2) is 4.79 Å². The van der Waals surface area contributed by atoms with Crippen LogP contribution in [0.4, 0.5) is 4.79 Å². The lowest BCUT2D eigenvalue weighted by atomic mass is 9.99. The minimum Gasteiger partial charge on any atom is -0.468 e. The van der Waals surface area contributed by atoms with Crippen LogP contribution in [0.1, 0.15) is 41.0 Å². The van der Waals surface area contributed by atoms with E-state index >= 15 is 0 Å². The summed E-state index contributed by atoms with van der Waals surface area (Å²) in [7, 11) is 1.34. The zero-order chi connectivity index (χ0) is 15.8. The monoisotopic (exact) mass is 288 g/mol. The maximum atomic E-state index is 11.8. The van der Waals surface area contributed by atoms with Gasteiger partial charge in [0, 0.05) is 12.6 Å². The van der Waals surface area contributed by atoms with E-state index in [1.165, 1.54) is 7.11 Å². The molecule has 2 N–H and O–H groups in total. The number of carbonyl (C=O) groups excluding carboxylic acids is 2. The highest BCUT2D eigenvalue weighted by Crippen LogP contribution is 2.10. The summed E-state index contributed by atoms with van der Waals surface area (Å²) < 4.78 is 9.79. The number of ether oxygens (including phenoxy) is 2. The van der Waals surface area contributed by atoms with Crippen molar-refractivity contribution < 1.29 is 19.1 Å². The Bertz CT molecular complexity index is 313. The third-order valence-corrected chi connectivity index (χ3v) is 2.89. The number of carbonyl (C=O) groups is 2. The molecule has 0 rings (SSSR count). The van der Waals surface area contributed by atoms with E-state index in [2.05, 4.69) is 22.3 Å². The maximum Gasteiger partial charge on any atom is 0.407 e. The summed E-state index contributed by atoms with van der Waals surface area (Å²) in [4.78, 5) is 22.8. The molecule has 2 atom stereocenters. The number of esters is 1. The van der Waals surface area contributed by atoms with Crippen LogP contribution in [0.5, 0.6) is 0 Å². The lowest BCUT2D eigenvalue weighted by Crippen LogP contribution is -2.48. The van der Waals surface area contributed by atoms with Crippen molar-refractivity contribution in [1.29, 1.82) is 0 Å². The molecule has 0 aromatic rings. The number of rotatable bonds is 7. The molecule has 0 bridgehead atoms. The number of amides is 1. The van der Waals surface area contributed by atoms with Crippen molar-refractivity contribution >= 4 is 12.1 Å². The van der Waals surface area contributed by atoms with E-state index in [1.807, 2.05) is 27.7 Å². The SMILES string of the molecule is CC[C@H](C)[C@@H](CNCC(=O)OC)NC(=O)OC(C)(C)C. The predicted molar refractivity (Wildman–Crippen MR) is 77.5 cm³/mol. The second kappa shape index (κ2) is 8.79. The van der Waals surface area contributed by atoms with Crippen LogP contribution < -0.4 is 10.6 Å². The summed E-state index contributed by atoms with van der Waals surface area (Å²) in [6.07, 6.45) is 0.475. The fraction of sp³-hybridized carbons (Fsp3) is 0.857. The first-order chi connectivity index (χ1) is 9.19. The van der Waals surface area contributed by atoms with Crippen LogP contribution in [0, 0.1) is 5.92 Å². The Morgan fingerprint density at radius 2 is 1.85 bits per heavy atom. The van der Waals surface area contributed by atoms with E-state index in [4.69, 9.17) is 4.74 Å². The predicted octanol–water partition coefficient (Wildman–Crippen LogP) is 1.69. The summed E-state index contributed by atoms with van der Waals surface area (Å²) >= 11 is 0. The summed E-state index contributed by atoms with van der Waals surface area (Å²) in [5.41, 5.74) is -0.524. The highest BCUT2D eigenvalue weighted by Gasteiger charge is 2.22. The number of nitrogens with one attached hydrogen (secondary N) is 2. The van der Waals surface area contributed by atoms with Crippen molar-refractivity contribution in [3.63, 3.8) is 0 Å². The first kappa shape index (κ1) is 18.7. The van der Waals surface area contributed by atoms with Gasteiger partial charge in [-0.1, -0.05) is 20.3 Å². The standard InChI is InChI=1S/C14H28N2O4/c1-7-10(2)11(8-15-9-12(17)19-6)16-13(18)20-14(3,4)5/h10-11,15H,7-9H2,1-6H3,(H,16,18)/t10-,11+/m0/s1. The van der Waals surface area contributed by atoms with Crippen molar-refractivity contribution in [3.8, 4) is 0 Å². The second-order valence-electron chi connectivity index (χ2n) is 5.85. The van der Waals surface area contributed by atoms with Crippen LogP contribution in [0.25, 0.3) is 0 Å². The van der Waals surface area contributed by atoms with Crippen molar-refractivity contribution in [2.24, 2.45) is 5.92 Å². The van der Waals surface area contributed by atoms with Crippen LogP contribution >= 0.6 is 0 Å². The van der Waals surface area contributed by atoms with Gasteiger partial charge in [0.15, 0.2) is 0 Å². The number of methoxy groups -OCH3 is 1. The average molecular weight is 288 g/mol. The zero-order valence-corrected chi connectivity index (χ0v) is 13.4. The average Bonchev–Trinajstić information content (AvgIpc) is 2.34. The molecule has 0 saturated carbocycles. The molecule has 20 heavy (non-hydrogen) atoms. The van der Waals surface area contributed by atoms with Gasteiger partial charge in [0.05, 0.1) is 13.7 Å². The molecule has 0 aliphatic rings. The Morgan fingerprint density at radius 3 is 2.30 bits per heavy atom. The Morgan fingerprint density at radius 1 is 1.25 bits per heavy atom. The number of alkyl carbamates (subject to hydrolysis) is 1. The van der Waals surface area contributed by atoms with Crippen LogP contribution in [0.3, 0.4) is 0 Å². The zero-order valence-electron chi connectivity index (χ0n) is 13.4. The molecule has 0 aromatic carbocycles. The van der Waals surface area contributed by atoms with Gasteiger partial charge in [-0.05, 0) is 26.7 Å². The Balaban J connectivity index is 4.35. The molecule has 118 valence electrons. The lowest BCUT2D eigenvalue weighted by Gasteiger charge is -2.27. The molecule has 6 nitrogen and oxygen atoms in total. The largest absolute Gasteiger partial charge is 0.468 e. The fourth-order valence-electron chi connectivity index (χ4n) is 1.54. The van der Waals surface area contributed by atoms with Gasteiger partial charge in [-0.2, -0.15) is 0 Å². The molecule has 0 fully saturated rings. The second-order valence-corrected chi connectivity index (χ2v) is 5.85. The summed E-state index contributed by atoms with van der Waals surface area (Å²) in [6.45, 7) is 10.2. The van der Waals surface area contributed by atoms with Crippen LogP contribution in [-0.2, 0) is 14.3 Å². The molecule has 0 radical (unpaired) electrons. The van der Waals surface area contributed by atoms with Gasteiger partial charge < -0.3 is 20.1 Å².